The van der Waals surface area contributed by atoms with E-state index in [0.717, 1.165) is 23.4 Å². The smallest absolute Gasteiger partial charge is 0.278 e. The Kier molecular flexibility index (Phi) is 10.1. The maximum atomic E-state index is 12.4. The summed E-state index contributed by atoms with van der Waals surface area (Å²) in [5, 5.41) is 12.2. The van der Waals surface area contributed by atoms with Crippen molar-refractivity contribution in [2.45, 2.75) is 45.1 Å². The monoisotopic (exact) mass is 470 g/mol. The summed E-state index contributed by atoms with van der Waals surface area (Å²) >= 11 is 0. The highest BCUT2D eigenvalue weighted by molar-refractivity contribution is 5.80. The lowest BCUT2D eigenvalue weighted by Crippen LogP contribution is -3.00. The van der Waals surface area contributed by atoms with Gasteiger partial charge in [-0.3, -0.25) is 14.6 Å². The van der Waals surface area contributed by atoms with Gasteiger partial charge in [0.2, 0.25) is 0 Å². The van der Waals surface area contributed by atoms with Crippen molar-refractivity contribution in [3.63, 3.8) is 0 Å². The number of aryl methyl sites for hydroxylation is 4. The second-order valence-electron chi connectivity index (χ2n) is 8.02. The number of phenols is 1. The topological polar surface area (TPSA) is 123 Å². The predicted octanol–water partition coefficient (Wildman–Crippen LogP) is -1.52. The van der Waals surface area contributed by atoms with Crippen molar-refractivity contribution >= 4 is 5.91 Å². The first kappa shape index (κ1) is 26.1. The molecule has 1 atom stereocenters. The molecule has 1 heterocycles. The Labute approximate surface area is 199 Å². The molecule has 0 radical (unpaired) electrons. The van der Waals surface area contributed by atoms with Gasteiger partial charge in [0.1, 0.15) is 11.4 Å². The fourth-order valence-corrected chi connectivity index (χ4v) is 3.57. The third-order valence-electron chi connectivity index (χ3n) is 5.45. The van der Waals surface area contributed by atoms with Crippen LogP contribution < -0.4 is 29.0 Å². The zero-order valence-corrected chi connectivity index (χ0v) is 19.6. The third kappa shape index (κ3) is 8.04. The second kappa shape index (κ2) is 12.8. The van der Waals surface area contributed by atoms with Crippen LogP contribution in [0.1, 0.15) is 34.6 Å². The molecule has 3 aromatic rings. The van der Waals surface area contributed by atoms with Gasteiger partial charge in [0.15, 0.2) is 6.04 Å². The number of aromatic amines is 1. The molecule has 33 heavy (non-hydrogen) atoms. The molecule has 1 amide bonds. The zero-order chi connectivity index (χ0) is 22.9. The van der Waals surface area contributed by atoms with Gasteiger partial charge < -0.3 is 33.5 Å². The summed E-state index contributed by atoms with van der Waals surface area (Å²) in [5.41, 5.74) is 8.11. The molecule has 0 fully saturated rings. The van der Waals surface area contributed by atoms with Crippen molar-refractivity contribution in [1.82, 2.24) is 15.3 Å². The summed E-state index contributed by atoms with van der Waals surface area (Å²) < 4.78 is 0. The summed E-state index contributed by atoms with van der Waals surface area (Å²) in [6, 6.07) is 16.4. The Morgan fingerprint density at radius 1 is 1.06 bits per heavy atom. The molecular weight excluding hydrogens is 440 g/mol. The molecule has 0 aliphatic carbocycles. The minimum atomic E-state index is -0.411. The van der Waals surface area contributed by atoms with Crippen LogP contribution in [0.3, 0.4) is 0 Å². The number of aromatic hydroxyl groups is 1. The minimum Gasteiger partial charge on any atom is -1.00 e. The molecular formula is C25H31ClN4O3. The molecule has 176 valence electrons. The Morgan fingerprint density at radius 2 is 1.76 bits per heavy atom. The number of amides is 1. The number of hydrogen-bond donors (Lipinski definition) is 4. The number of carbonyl (C=O) groups is 1. The summed E-state index contributed by atoms with van der Waals surface area (Å²) in [6.45, 7) is 2.40. The van der Waals surface area contributed by atoms with E-state index < -0.39 is 6.04 Å². The molecule has 0 bridgehead atoms. The van der Waals surface area contributed by atoms with E-state index in [-0.39, 0.29) is 29.6 Å². The number of carbonyl (C=O) groups excluding carboxylic acids is 1. The number of rotatable bonds is 10. The molecule has 2 aromatic carbocycles. The Balaban J connectivity index is 0.00000385. The molecule has 0 aliphatic rings. The molecule has 3 rings (SSSR count). The van der Waals surface area contributed by atoms with Crippen LogP contribution in [0.25, 0.3) is 0 Å². The van der Waals surface area contributed by atoms with Crippen LogP contribution in [0.15, 0.2) is 59.4 Å². The van der Waals surface area contributed by atoms with Crippen molar-refractivity contribution in [3.8, 4) is 5.75 Å². The van der Waals surface area contributed by atoms with Crippen molar-refractivity contribution in [2.75, 3.05) is 6.54 Å². The average Bonchev–Trinajstić information content (AvgIpc) is 2.79. The van der Waals surface area contributed by atoms with Gasteiger partial charge in [-0.05, 0) is 55.9 Å². The summed E-state index contributed by atoms with van der Waals surface area (Å²) in [5.74, 6) is 0.0866. The highest BCUT2D eigenvalue weighted by atomic mass is 35.5. The van der Waals surface area contributed by atoms with E-state index in [4.69, 9.17) is 0 Å². The van der Waals surface area contributed by atoms with Gasteiger partial charge >= 0.3 is 0 Å². The van der Waals surface area contributed by atoms with Gasteiger partial charge in [-0.1, -0.05) is 42.5 Å². The summed E-state index contributed by atoms with van der Waals surface area (Å²) in [6.07, 6.45) is 3.21. The van der Waals surface area contributed by atoms with Crippen LogP contribution in [0, 0.1) is 6.92 Å². The molecule has 0 spiro atoms. The minimum absolute atomic E-state index is 0. The molecule has 8 heteroatoms. The lowest BCUT2D eigenvalue weighted by Gasteiger charge is -2.11. The van der Waals surface area contributed by atoms with Crippen LogP contribution in [0.5, 0.6) is 5.75 Å². The Morgan fingerprint density at radius 3 is 2.45 bits per heavy atom. The Hall–Kier alpha value is -3.16. The van der Waals surface area contributed by atoms with Gasteiger partial charge in [0.05, 0.1) is 5.69 Å². The van der Waals surface area contributed by atoms with E-state index in [0.29, 0.717) is 37.9 Å². The zero-order valence-electron chi connectivity index (χ0n) is 18.8. The normalized spacial score (nSPS) is 11.5. The lowest BCUT2D eigenvalue weighted by atomic mass is 10.1. The SMILES string of the molecule is Cc1nc(CCc2ccccc2)c(=O)[nH]c1CCCNC(=O)[C@@H]([NH3+])Cc1ccc(O)cc1.[Cl-]. The molecule has 1 aromatic heterocycles. The lowest BCUT2D eigenvalue weighted by molar-refractivity contribution is -0.403. The Bertz CT molecular complexity index is 1090. The maximum absolute atomic E-state index is 12.4. The van der Waals surface area contributed by atoms with Crippen LogP contribution >= 0.6 is 0 Å². The van der Waals surface area contributed by atoms with Gasteiger partial charge in [0, 0.05) is 18.7 Å². The van der Waals surface area contributed by atoms with Crippen LogP contribution in [-0.4, -0.2) is 33.6 Å². The standard InChI is InChI=1S/C25H30N4O3.ClH/c1-17-22(29-25(32)23(28-17)14-11-18-6-3-2-4-7-18)8-5-15-27-24(31)21(26)16-19-9-12-20(30)13-10-19;/h2-4,6-7,9-10,12-13,21,30H,5,8,11,14-16,26H2,1H3,(H,27,31)(H,29,32);1H/t21-;/m0./s1. The van der Waals surface area contributed by atoms with E-state index in [1.165, 1.54) is 5.56 Å². The summed E-state index contributed by atoms with van der Waals surface area (Å²) in [7, 11) is 0. The number of phenolic OH excluding ortho intramolecular Hbond substituents is 1. The number of quaternary nitrogens is 1. The van der Waals surface area contributed by atoms with Gasteiger partial charge in [-0.15, -0.1) is 0 Å². The predicted molar refractivity (Wildman–Crippen MR) is 123 cm³/mol. The second-order valence-corrected chi connectivity index (χ2v) is 8.02. The molecule has 0 saturated heterocycles. The molecule has 0 unspecified atom stereocenters. The maximum Gasteiger partial charge on any atom is 0.278 e. The fourth-order valence-electron chi connectivity index (χ4n) is 3.57. The quantitative estimate of drug-likeness (QED) is 0.269. The number of H-pyrrole nitrogens is 1. The van der Waals surface area contributed by atoms with Crippen LogP contribution in [0.2, 0.25) is 0 Å². The van der Waals surface area contributed by atoms with E-state index in [9.17, 15) is 14.7 Å². The number of aromatic nitrogens is 2. The van der Waals surface area contributed by atoms with E-state index in [1.807, 2.05) is 37.3 Å². The third-order valence-corrected chi connectivity index (χ3v) is 5.45. The number of nitrogens with one attached hydrogen (secondary N) is 2. The van der Waals surface area contributed by atoms with Gasteiger partial charge in [0.25, 0.3) is 11.5 Å². The van der Waals surface area contributed by atoms with Crippen LogP contribution in [0.4, 0.5) is 0 Å². The van der Waals surface area contributed by atoms with E-state index in [1.54, 1.807) is 24.3 Å². The molecule has 0 aliphatic heterocycles. The number of halogens is 1. The fraction of sp³-hybridized carbons (Fsp3) is 0.320. The highest BCUT2D eigenvalue weighted by Gasteiger charge is 2.17. The van der Waals surface area contributed by atoms with Crippen molar-refractivity contribution in [3.05, 3.63) is 93.2 Å². The first-order chi connectivity index (χ1) is 15.4. The highest BCUT2D eigenvalue weighted by Crippen LogP contribution is 2.11. The summed E-state index contributed by atoms with van der Waals surface area (Å²) in [4.78, 5) is 32.2. The number of nitrogens with zero attached hydrogens (tertiary/aromatic N) is 1. The molecule has 0 saturated carbocycles. The largest absolute Gasteiger partial charge is 1.00 e. The van der Waals surface area contributed by atoms with Crippen molar-refractivity contribution < 1.29 is 28.0 Å². The first-order valence-corrected chi connectivity index (χ1v) is 10.9. The molecule has 6 N–H and O–H groups in total. The average molecular weight is 471 g/mol. The van der Waals surface area contributed by atoms with Crippen molar-refractivity contribution in [2.24, 2.45) is 0 Å². The van der Waals surface area contributed by atoms with Crippen molar-refractivity contribution in [1.29, 1.82) is 0 Å². The van der Waals surface area contributed by atoms with Gasteiger partial charge in [-0.2, -0.15) is 0 Å². The van der Waals surface area contributed by atoms with Crippen LogP contribution in [-0.2, 0) is 30.5 Å². The van der Waals surface area contributed by atoms with Gasteiger partial charge in [-0.25, -0.2) is 0 Å². The first-order valence-electron chi connectivity index (χ1n) is 10.9. The van der Waals surface area contributed by atoms with E-state index >= 15 is 0 Å². The van der Waals surface area contributed by atoms with E-state index in [2.05, 4.69) is 21.0 Å². The number of benzene rings is 2. The number of hydrogen-bond acceptors (Lipinski definition) is 4. The molecule has 7 nitrogen and oxygen atoms in total.